The second-order valence-corrected chi connectivity index (χ2v) is 5.05. The summed E-state index contributed by atoms with van der Waals surface area (Å²) in [6.45, 7) is 12.9. The van der Waals surface area contributed by atoms with E-state index in [1.54, 1.807) is 0 Å². The Bertz CT molecular complexity index is 233. The molecule has 0 aromatic rings. The van der Waals surface area contributed by atoms with E-state index in [2.05, 4.69) is 40.3 Å². The van der Waals surface area contributed by atoms with Crippen molar-refractivity contribution in [2.24, 2.45) is 11.3 Å². The molecule has 0 aromatic carbocycles. The lowest BCUT2D eigenvalue weighted by Gasteiger charge is -2.48. The van der Waals surface area contributed by atoms with Gasteiger partial charge in [-0.3, -0.25) is 0 Å². The smallest absolute Gasteiger partial charge is 0.0192 e. The molecule has 0 aliphatic heterocycles. The fraction of sp³-hybridized carbons (Fsp3) is 0.714. The maximum Gasteiger partial charge on any atom is -0.0192 e. The second kappa shape index (κ2) is 4.33. The van der Waals surface area contributed by atoms with E-state index in [1.165, 1.54) is 36.8 Å². The lowest BCUT2D eigenvalue weighted by Crippen LogP contribution is -2.36. The van der Waals surface area contributed by atoms with E-state index in [0.717, 1.165) is 5.92 Å². The summed E-state index contributed by atoms with van der Waals surface area (Å²) >= 11 is 0. The van der Waals surface area contributed by atoms with Crippen molar-refractivity contribution >= 4 is 0 Å². The van der Waals surface area contributed by atoms with Crippen LogP contribution in [0.2, 0.25) is 0 Å². The Morgan fingerprint density at radius 2 is 1.79 bits per heavy atom. The van der Waals surface area contributed by atoms with E-state index in [4.69, 9.17) is 0 Å². The highest BCUT2D eigenvalue weighted by Crippen LogP contribution is 2.53. The van der Waals surface area contributed by atoms with Gasteiger partial charge in [0.1, 0.15) is 0 Å². The number of rotatable bonds is 4. The minimum atomic E-state index is 0.675. The summed E-state index contributed by atoms with van der Waals surface area (Å²) in [5.41, 5.74) is 3.40. The van der Waals surface area contributed by atoms with Gasteiger partial charge < -0.3 is 0 Å². The van der Waals surface area contributed by atoms with E-state index in [-0.39, 0.29) is 0 Å². The van der Waals surface area contributed by atoms with Gasteiger partial charge in [-0.1, -0.05) is 50.5 Å². The highest BCUT2D eigenvalue weighted by Gasteiger charge is 2.41. The summed E-state index contributed by atoms with van der Waals surface area (Å²) in [6, 6.07) is 0. The molecule has 0 spiro atoms. The fourth-order valence-corrected chi connectivity index (χ4v) is 2.64. The van der Waals surface area contributed by atoms with Gasteiger partial charge in [-0.25, -0.2) is 0 Å². The highest BCUT2D eigenvalue weighted by molar-refractivity contribution is 5.21. The van der Waals surface area contributed by atoms with E-state index in [9.17, 15) is 0 Å². The van der Waals surface area contributed by atoms with E-state index >= 15 is 0 Å². The molecule has 0 heteroatoms. The Labute approximate surface area is 89.1 Å². The monoisotopic (exact) mass is 192 g/mol. The van der Waals surface area contributed by atoms with Crippen LogP contribution >= 0.6 is 0 Å². The lowest BCUT2D eigenvalue weighted by molar-refractivity contribution is 0.0667. The average Bonchev–Trinajstić information content (AvgIpc) is 2.03. The van der Waals surface area contributed by atoms with Crippen LogP contribution in [0.4, 0.5) is 0 Å². The lowest BCUT2D eigenvalue weighted by atomic mass is 9.57. The first-order valence-electron chi connectivity index (χ1n) is 5.86. The molecule has 0 nitrogen and oxygen atoms in total. The zero-order valence-electron chi connectivity index (χ0n) is 10.2. The maximum absolute atomic E-state index is 3.94. The number of hydrogen-bond donors (Lipinski definition) is 0. The van der Waals surface area contributed by atoms with Crippen LogP contribution in [0.15, 0.2) is 23.8 Å². The van der Waals surface area contributed by atoms with Gasteiger partial charge in [-0.05, 0) is 38.0 Å². The van der Waals surface area contributed by atoms with Crippen LogP contribution in [-0.4, -0.2) is 0 Å². The van der Waals surface area contributed by atoms with Gasteiger partial charge in [0, 0.05) is 0 Å². The van der Waals surface area contributed by atoms with Gasteiger partial charge in [0.15, 0.2) is 0 Å². The molecule has 0 radical (unpaired) electrons. The van der Waals surface area contributed by atoms with Crippen molar-refractivity contribution in [2.45, 2.75) is 53.4 Å². The molecule has 1 aliphatic carbocycles. The first kappa shape index (κ1) is 11.6. The Morgan fingerprint density at radius 1 is 1.29 bits per heavy atom. The van der Waals surface area contributed by atoms with Gasteiger partial charge >= 0.3 is 0 Å². The van der Waals surface area contributed by atoms with Crippen LogP contribution in [0.5, 0.6) is 0 Å². The molecule has 0 heterocycles. The topological polar surface area (TPSA) is 0 Å². The molecule has 80 valence electrons. The number of allylic oxidation sites excluding steroid dienone is 3. The van der Waals surface area contributed by atoms with Crippen molar-refractivity contribution in [1.82, 2.24) is 0 Å². The molecular weight excluding hydrogens is 168 g/mol. The molecule has 1 aliphatic rings. The summed E-state index contributed by atoms with van der Waals surface area (Å²) < 4.78 is 0. The summed E-state index contributed by atoms with van der Waals surface area (Å²) in [7, 11) is 0. The SMILES string of the molecule is C=C(C)/C=C(\C)C1CC(CC)(CC)C1. The van der Waals surface area contributed by atoms with Crippen LogP contribution in [-0.2, 0) is 0 Å². The zero-order chi connectivity index (χ0) is 10.8. The van der Waals surface area contributed by atoms with Crippen molar-refractivity contribution in [3.63, 3.8) is 0 Å². The van der Waals surface area contributed by atoms with Crippen molar-refractivity contribution in [3.8, 4) is 0 Å². The molecule has 1 rings (SSSR count). The third-order valence-corrected chi connectivity index (χ3v) is 3.98. The molecule has 0 saturated heterocycles. The summed E-state index contributed by atoms with van der Waals surface area (Å²) in [4.78, 5) is 0. The van der Waals surface area contributed by atoms with Gasteiger partial charge in [0.25, 0.3) is 0 Å². The summed E-state index contributed by atoms with van der Waals surface area (Å²) in [5, 5.41) is 0. The average molecular weight is 192 g/mol. The summed E-state index contributed by atoms with van der Waals surface area (Å²) in [6.07, 6.45) is 7.74. The van der Waals surface area contributed by atoms with Gasteiger partial charge in [-0.2, -0.15) is 0 Å². The molecule has 14 heavy (non-hydrogen) atoms. The van der Waals surface area contributed by atoms with Crippen molar-refractivity contribution < 1.29 is 0 Å². The van der Waals surface area contributed by atoms with Crippen molar-refractivity contribution in [2.75, 3.05) is 0 Å². The van der Waals surface area contributed by atoms with Crippen molar-refractivity contribution in [1.29, 1.82) is 0 Å². The third-order valence-electron chi connectivity index (χ3n) is 3.98. The minimum absolute atomic E-state index is 0.675. The fourth-order valence-electron chi connectivity index (χ4n) is 2.64. The molecule has 0 N–H and O–H groups in total. The second-order valence-electron chi connectivity index (χ2n) is 5.05. The minimum Gasteiger partial charge on any atom is -0.0961 e. The molecule has 1 fully saturated rings. The first-order valence-corrected chi connectivity index (χ1v) is 5.86. The van der Waals surface area contributed by atoms with Gasteiger partial charge in [0.2, 0.25) is 0 Å². The highest BCUT2D eigenvalue weighted by atomic mass is 14.5. The Hall–Kier alpha value is -0.520. The largest absolute Gasteiger partial charge is 0.0961 e. The van der Waals surface area contributed by atoms with Crippen LogP contribution < -0.4 is 0 Å². The predicted octanol–water partition coefficient (Wildman–Crippen LogP) is 4.73. The van der Waals surface area contributed by atoms with Crippen LogP contribution in [0.1, 0.15) is 53.4 Å². The van der Waals surface area contributed by atoms with Crippen LogP contribution in [0.25, 0.3) is 0 Å². The van der Waals surface area contributed by atoms with Crippen molar-refractivity contribution in [3.05, 3.63) is 23.8 Å². The molecular formula is C14H24. The zero-order valence-corrected chi connectivity index (χ0v) is 10.2. The molecule has 0 atom stereocenters. The maximum atomic E-state index is 3.94. The molecule has 0 aromatic heterocycles. The molecule has 0 amide bonds. The number of hydrogen-bond acceptors (Lipinski definition) is 0. The molecule has 1 saturated carbocycles. The van der Waals surface area contributed by atoms with Crippen LogP contribution in [0.3, 0.4) is 0 Å². The van der Waals surface area contributed by atoms with E-state index in [1.807, 2.05) is 0 Å². The Kier molecular flexibility index (Phi) is 3.58. The van der Waals surface area contributed by atoms with Crippen LogP contribution in [0, 0.1) is 11.3 Å². The first-order chi connectivity index (χ1) is 6.53. The van der Waals surface area contributed by atoms with E-state index in [0.29, 0.717) is 5.41 Å². The predicted molar refractivity (Wildman–Crippen MR) is 64.3 cm³/mol. The summed E-state index contributed by atoms with van der Waals surface area (Å²) in [5.74, 6) is 0.839. The van der Waals surface area contributed by atoms with Gasteiger partial charge in [0.05, 0.1) is 0 Å². The third kappa shape index (κ3) is 2.29. The molecule has 0 bridgehead atoms. The Balaban J connectivity index is 2.51. The molecule has 0 unspecified atom stereocenters. The standard InChI is InChI=1S/C14H24/c1-6-14(7-2)9-13(10-14)12(5)8-11(3)4/h8,13H,3,6-7,9-10H2,1-2,4-5H3/b12-8+. The normalized spacial score (nSPS) is 21.9. The van der Waals surface area contributed by atoms with Gasteiger partial charge in [-0.15, -0.1) is 0 Å². The quantitative estimate of drug-likeness (QED) is 0.565. The Morgan fingerprint density at radius 3 is 2.14 bits per heavy atom. The van der Waals surface area contributed by atoms with E-state index < -0.39 is 0 Å².